The fourth-order valence-corrected chi connectivity index (χ4v) is 4.70. The molecule has 4 aromatic carbocycles. The van der Waals surface area contributed by atoms with E-state index in [-0.39, 0.29) is 23.0 Å². The Morgan fingerprint density at radius 1 is 0.917 bits per heavy atom. The molecule has 36 heavy (non-hydrogen) atoms. The number of sulfone groups is 1. The van der Waals surface area contributed by atoms with Crippen LogP contribution in [0.2, 0.25) is 0 Å². The molecule has 7 heteroatoms. The minimum absolute atomic E-state index is 0.0190. The predicted octanol–water partition coefficient (Wildman–Crippen LogP) is 6.57. The first-order chi connectivity index (χ1) is 17.3. The number of hydrogen-bond donors (Lipinski definition) is 1. The molecule has 0 spiro atoms. The van der Waals surface area contributed by atoms with Crippen molar-refractivity contribution in [3.8, 4) is 22.6 Å². The number of hydrogen-bond acceptors (Lipinski definition) is 4. The first kappa shape index (κ1) is 25.1. The average Bonchev–Trinajstić information content (AvgIpc) is 2.87. The first-order valence-electron chi connectivity index (χ1n) is 11.5. The zero-order valence-corrected chi connectivity index (χ0v) is 20.8. The minimum Gasteiger partial charge on any atom is -0.456 e. The predicted molar refractivity (Wildman–Crippen MR) is 140 cm³/mol. The molecule has 0 saturated carbocycles. The van der Waals surface area contributed by atoms with Gasteiger partial charge in [-0.05, 0) is 54.4 Å². The lowest BCUT2D eigenvalue weighted by atomic mass is 10.00. The Labute approximate surface area is 210 Å². The maximum absolute atomic E-state index is 13.8. The summed E-state index contributed by atoms with van der Waals surface area (Å²) in [5.74, 6) is 0.215. The van der Waals surface area contributed by atoms with Crippen molar-refractivity contribution >= 4 is 21.4 Å². The molecule has 1 N–H and O–H groups in total. The van der Waals surface area contributed by atoms with Gasteiger partial charge in [0.25, 0.3) is 0 Å². The summed E-state index contributed by atoms with van der Waals surface area (Å²) < 4.78 is 43.9. The van der Waals surface area contributed by atoms with Crippen molar-refractivity contribution in [2.75, 3.05) is 11.1 Å². The molecule has 0 radical (unpaired) electrons. The van der Waals surface area contributed by atoms with Crippen LogP contribution in [0.4, 0.5) is 10.1 Å². The van der Waals surface area contributed by atoms with Gasteiger partial charge in [-0.15, -0.1) is 0 Å². The Morgan fingerprint density at radius 2 is 1.64 bits per heavy atom. The summed E-state index contributed by atoms with van der Waals surface area (Å²) in [6.07, 6.45) is 0.0758. The summed E-state index contributed by atoms with van der Waals surface area (Å²) in [6.45, 7) is 3.43. The van der Waals surface area contributed by atoms with Gasteiger partial charge in [-0.2, -0.15) is 0 Å². The summed E-state index contributed by atoms with van der Waals surface area (Å²) in [6, 6.07) is 25.6. The number of anilines is 1. The SMILES string of the molecule is CCS(=O)(=O)c1ccc(CC(=O)Nc2ccc(-c3ccccc3)c(Oc3cccc(F)c3)c2C)cc1. The van der Waals surface area contributed by atoms with E-state index in [1.54, 1.807) is 31.2 Å². The van der Waals surface area contributed by atoms with E-state index in [0.717, 1.165) is 11.1 Å². The second-order valence-electron chi connectivity index (χ2n) is 8.31. The highest BCUT2D eigenvalue weighted by Crippen LogP contribution is 2.39. The van der Waals surface area contributed by atoms with E-state index in [4.69, 9.17) is 4.74 Å². The molecule has 0 unspecified atom stereocenters. The lowest BCUT2D eigenvalue weighted by molar-refractivity contribution is -0.115. The van der Waals surface area contributed by atoms with Crippen molar-refractivity contribution in [1.29, 1.82) is 0 Å². The summed E-state index contributed by atoms with van der Waals surface area (Å²) in [5.41, 5.74) is 3.68. The molecular weight excluding hydrogens is 477 g/mol. The van der Waals surface area contributed by atoms with Crippen LogP contribution in [-0.2, 0) is 21.1 Å². The standard InChI is InChI=1S/C29H26FNO4S/c1-3-36(33,34)25-14-12-21(13-15-25)18-28(32)31-27-17-16-26(22-8-5-4-6-9-22)29(20(27)2)35-24-11-7-10-23(30)19-24/h4-17,19H,3,18H2,1-2H3,(H,31,32). The molecule has 0 saturated heterocycles. The van der Waals surface area contributed by atoms with E-state index in [9.17, 15) is 17.6 Å². The number of rotatable bonds is 8. The molecule has 4 aromatic rings. The number of benzene rings is 4. The van der Waals surface area contributed by atoms with E-state index < -0.39 is 15.7 Å². The smallest absolute Gasteiger partial charge is 0.228 e. The molecule has 184 valence electrons. The maximum Gasteiger partial charge on any atom is 0.228 e. The fourth-order valence-electron chi connectivity index (χ4n) is 3.81. The Kier molecular flexibility index (Phi) is 7.50. The number of carbonyl (C=O) groups excluding carboxylic acids is 1. The van der Waals surface area contributed by atoms with Gasteiger partial charge < -0.3 is 10.1 Å². The third-order valence-corrected chi connectivity index (χ3v) is 7.56. The Balaban J connectivity index is 1.60. The zero-order valence-electron chi connectivity index (χ0n) is 20.0. The lowest BCUT2D eigenvalue weighted by Crippen LogP contribution is -2.15. The summed E-state index contributed by atoms with van der Waals surface area (Å²) in [5, 5.41) is 2.92. The van der Waals surface area contributed by atoms with Gasteiger partial charge in [0.15, 0.2) is 9.84 Å². The van der Waals surface area contributed by atoms with Crippen LogP contribution in [0.5, 0.6) is 11.5 Å². The molecule has 0 fully saturated rings. The number of ether oxygens (including phenoxy) is 1. The van der Waals surface area contributed by atoms with Crippen molar-refractivity contribution in [1.82, 2.24) is 0 Å². The van der Waals surface area contributed by atoms with Gasteiger partial charge >= 0.3 is 0 Å². The van der Waals surface area contributed by atoms with Crippen molar-refractivity contribution in [2.45, 2.75) is 25.2 Å². The third kappa shape index (κ3) is 5.80. The number of halogens is 1. The molecule has 0 heterocycles. The molecule has 0 bridgehead atoms. The van der Waals surface area contributed by atoms with Gasteiger partial charge in [0.2, 0.25) is 5.91 Å². The van der Waals surface area contributed by atoms with Crippen molar-refractivity contribution in [3.63, 3.8) is 0 Å². The molecule has 0 aliphatic carbocycles. The van der Waals surface area contributed by atoms with Crippen LogP contribution in [0, 0.1) is 12.7 Å². The monoisotopic (exact) mass is 503 g/mol. The molecule has 5 nitrogen and oxygen atoms in total. The summed E-state index contributed by atoms with van der Waals surface area (Å²) in [4.78, 5) is 13.1. The highest BCUT2D eigenvalue weighted by Gasteiger charge is 2.17. The second kappa shape index (κ2) is 10.7. The van der Waals surface area contributed by atoms with Gasteiger partial charge in [-0.3, -0.25) is 4.79 Å². The highest BCUT2D eigenvalue weighted by atomic mass is 32.2. The normalized spacial score (nSPS) is 11.2. The van der Waals surface area contributed by atoms with Gasteiger partial charge in [0.05, 0.1) is 17.1 Å². The van der Waals surface area contributed by atoms with Crippen LogP contribution in [0.3, 0.4) is 0 Å². The van der Waals surface area contributed by atoms with Crippen LogP contribution in [0.1, 0.15) is 18.1 Å². The number of nitrogens with one attached hydrogen (secondary N) is 1. The maximum atomic E-state index is 13.8. The van der Waals surface area contributed by atoms with Gasteiger partial charge in [0, 0.05) is 22.9 Å². The molecule has 4 rings (SSSR count). The molecule has 0 atom stereocenters. The van der Waals surface area contributed by atoms with Gasteiger partial charge in [-0.1, -0.05) is 55.5 Å². The Bertz CT molecular complexity index is 1480. The fraction of sp³-hybridized carbons (Fsp3) is 0.138. The Hall–Kier alpha value is -3.97. The van der Waals surface area contributed by atoms with E-state index in [1.807, 2.05) is 49.4 Å². The molecular formula is C29H26FNO4S. The molecule has 0 aromatic heterocycles. The van der Waals surface area contributed by atoms with E-state index in [2.05, 4.69) is 5.32 Å². The molecule has 0 aliphatic rings. The third-order valence-electron chi connectivity index (χ3n) is 5.81. The molecule has 1 amide bonds. The van der Waals surface area contributed by atoms with Crippen LogP contribution < -0.4 is 10.1 Å². The molecule has 0 aliphatic heterocycles. The van der Waals surface area contributed by atoms with Crippen LogP contribution in [0.15, 0.2) is 95.9 Å². The van der Waals surface area contributed by atoms with Crippen molar-refractivity contribution in [2.24, 2.45) is 0 Å². The minimum atomic E-state index is -3.30. The lowest BCUT2D eigenvalue weighted by Gasteiger charge is -2.18. The quantitative estimate of drug-likeness (QED) is 0.295. The van der Waals surface area contributed by atoms with Crippen LogP contribution in [-0.4, -0.2) is 20.1 Å². The van der Waals surface area contributed by atoms with E-state index in [0.29, 0.717) is 28.3 Å². The summed E-state index contributed by atoms with van der Waals surface area (Å²) in [7, 11) is -3.30. The van der Waals surface area contributed by atoms with Crippen LogP contribution in [0.25, 0.3) is 11.1 Å². The average molecular weight is 504 g/mol. The van der Waals surface area contributed by atoms with Crippen molar-refractivity contribution < 1.29 is 22.3 Å². The largest absolute Gasteiger partial charge is 0.456 e. The zero-order chi connectivity index (χ0) is 25.7. The van der Waals surface area contributed by atoms with Gasteiger partial charge in [-0.25, -0.2) is 12.8 Å². The Morgan fingerprint density at radius 3 is 2.31 bits per heavy atom. The number of amides is 1. The van der Waals surface area contributed by atoms with E-state index >= 15 is 0 Å². The van der Waals surface area contributed by atoms with Crippen molar-refractivity contribution in [3.05, 3.63) is 108 Å². The second-order valence-corrected chi connectivity index (χ2v) is 10.6. The first-order valence-corrected chi connectivity index (χ1v) is 13.2. The highest BCUT2D eigenvalue weighted by molar-refractivity contribution is 7.91. The summed E-state index contributed by atoms with van der Waals surface area (Å²) >= 11 is 0. The van der Waals surface area contributed by atoms with E-state index in [1.165, 1.54) is 24.3 Å². The van der Waals surface area contributed by atoms with Crippen LogP contribution >= 0.6 is 0 Å². The van der Waals surface area contributed by atoms with Gasteiger partial charge in [0.1, 0.15) is 17.3 Å². The topological polar surface area (TPSA) is 72.5 Å². The number of carbonyl (C=O) groups is 1.